The van der Waals surface area contributed by atoms with Crippen LogP contribution in [-0.4, -0.2) is 24.1 Å². The monoisotopic (exact) mass is 298 g/mol. The van der Waals surface area contributed by atoms with Crippen molar-refractivity contribution in [1.29, 1.82) is 0 Å². The molecular formula is C12H15ClN4OS. The van der Waals surface area contributed by atoms with Gasteiger partial charge in [-0.15, -0.1) is 11.3 Å². The van der Waals surface area contributed by atoms with Crippen molar-refractivity contribution in [2.75, 3.05) is 24.8 Å². The average molecular weight is 299 g/mol. The lowest BCUT2D eigenvalue weighted by Gasteiger charge is -2.16. The van der Waals surface area contributed by atoms with Gasteiger partial charge in [-0.3, -0.25) is 0 Å². The second kappa shape index (κ2) is 6.08. The maximum atomic E-state index is 5.94. The van der Waals surface area contributed by atoms with Crippen LogP contribution in [0.1, 0.15) is 17.8 Å². The summed E-state index contributed by atoms with van der Waals surface area (Å²) in [6.45, 7) is 2.04. The normalized spacial score (nSPS) is 12.0. The van der Waals surface area contributed by atoms with E-state index in [0.29, 0.717) is 17.4 Å². The number of aromatic nitrogens is 2. The number of hydrogen-bond acceptors (Lipinski definition) is 6. The number of hydrogen-bond donors (Lipinski definition) is 2. The second-order valence-corrected chi connectivity index (χ2v) is 5.61. The van der Waals surface area contributed by atoms with Gasteiger partial charge in [-0.1, -0.05) is 11.6 Å². The molecule has 19 heavy (non-hydrogen) atoms. The van der Waals surface area contributed by atoms with Crippen molar-refractivity contribution in [2.45, 2.75) is 13.0 Å². The van der Waals surface area contributed by atoms with E-state index in [0.717, 1.165) is 9.21 Å². The Hall–Kier alpha value is -1.53. The van der Waals surface area contributed by atoms with Crippen LogP contribution in [0.5, 0.6) is 5.75 Å². The SMILES string of the molecule is CNc1ncnc(NC(C)c2ccc(Cl)s2)c1OC. The van der Waals surface area contributed by atoms with Crippen LogP contribution in [0.15, 0.2) is 18.5 Å². The second-order valence-electron chi connectivity index (χ2n) is 3.86. The molecule has 0 saturated heterocycles. The lowest BCUT2D eigenvalue weighted by atomic mass is 10.2. The van der Waals surface area contributed by atoms with Crippen molar-refractivity contribution in [3.05, 3.63) is 27.7 Å². The number of nitrogens with one attached hydrogen (secondary N) is 2. The zero-order valence-corrected chi connectivity index (χ0v) is 12.5. The number of ether oxygens (including phenoxy) is 1. The lowest BCUT2D eigenvalue weighted by molar-refractivity contribution is 0.414. The summed E-state index contributed by atoms with van der Waals surface area (Å²) in [6, 6.07) is 3.97. The average Bonchev–Trinajstić information content (AvgIpc) is 2.85. The predicted molar refractivity (Wildman–Crippen MR) is 79.5 cm³/mol. The summed E-state index contributed by atoms with van der Waals surface area (Å²) in [4.78, 5) is 9.46. The maximum absolute atomic E-state index is 5.94. The molecular weight excluding hydrogens is 284 g/mol. The summed E-state index contributed by atoms with van der Waals surface area (Å²) in [5.74, 6) is 1.90. The number of halogens is 1. The fourth-order valence-corrected chi connectivity index (χ4v) is 2.75. The Morgan fingerprint density at radius 2 is 2.05 bits per heavy atom. The van der Waals surface area contributed by atoms with Gasteiger partial charge in [0.05, 0.1) is 17.5 Å². The van der Waals surface area contributed by atoms with Gasteiger partial charge in [0.2, 0.25) is 5.75 Å². The topological polar surface area (TPSA) is 59.1 Å². The van der Waals surface area contributed by atoms with E-state index in [9.17, 15) is 0 Å². The van der Waals surface area contributed by atoms with Crippen LogP contribution >= 0.6 is 22.9 Å². The van der Waals surface area contributed by atoms with Crippen molar-refractivity contribution >= 4 is 34.6 Å². The molecule has 0 spiro atoms. The number of thiophene rings is 1. The molecule has 0 radical (unpaired) electrons. The summed E-state index contributed by atoms with van der Waals surface area (Å²) in [6.07, 6.45) is 1.49. The van der Waals surface area contributed by atoms with Crippen LogP contribution < -0.4 is 15.4 Å². The van der Waals surface area contributed by atoms with E-state index in [1.165, 1.54) is 6.33 Å². The van der Waals surface area contributed by atoms with Crippen molar-refractivity contribution in [2.24, 2.45) is 0 Å². The third-order valence-electron chi connectivity index (χ3n) is 2.62. The molecule has 0 amide bonds. The first-order chi connectivity index (χ1) is 9.15. The molecule has 5 nitrogen and oxygen atoms in total. The van der Waals surface area contributed by atoms with Gasteiger partial charge in [0, 0.05) is 11.9 Å². The molecule has 2 heterocycles. The van der Waals surface area contributed by atoms with Crippen molar-refractivity contribution < 1.29 is 4.74 Å². The molecule has 1 unspecified atom stereocenters. The summed E-state index contributed by atoms with van der Waals surface area (Å²) in [5, 5.41) is 6.27. The van der Waals surface area contributed by atoms with E-state index in [-0.39, 0.29) is 6.04 Å². The van der Waals surface area contributed by atoms with E-state index >= 15 is 0 Å². The molecule has 7 heteroatoms. The van der Waals surface area contributed by atoms with Crippen LogP contribution in [0.4, 0.5) is 11.6 Å². The Kier molecular flexibility index (Phi) is 4.44. The lowest BCUT2D eigenvalue weighted by Crippen LogP contribution is -2.09. The van der Waals surface area contributed by atoms with E-state index in [2.05, 4.69) is 20.6 Å². The molecule has 1 atom stereocenters. The number of rotatable bonds is 5. The molecule has 0 fully saturated rings. The summed E-state index contributed by atoms with van der Waals surface area (Å²) >= 11 is 7.49. The molecule has 2 rings (SSSR count). The van der Waals surface area contributed by atoms with Crippen molar-refractivity contribution in [3.8, 4) is 5.75 Å². The van der Waals surface area contributed by atoms with Crippen LogP contribution in [0.2, 0.25) is 4.34 Å². The number of anilines is 2. The zero-order chi connectivity index (χ0) is 13.8. The standard InChI is InChI=1S/C12H15ClN4OS/c1-7(8-4-5-9(13)19-8)17-12-10(18-3)11(14-2)15-6-16-12/h4-7H,1-3H3,(H2,14,15,16,17). The molecule has 0 saturated carbocycles. The third kappa shape index (κ3) is 3.08. The molecule has 2 aromatic heterocycles. The minimum absolute atomic E-state index is 0.0889. The highest BCUT2D eigenvalue weighted by Crippen LogP contribution is 2.33. The van der Waals surface area contributed by atoms with E-state index in [1.54, 1.807) is 25.5 Å². The van der Waals surface area contributed by atoms with Crippen LogP contribution in [0.25, 0.3) is 0 Å². The summed E-state index contributed by atoms with van der Waals surface area (Å²) in [5.41, 5.74) is 0. The highest BCUT2D eigenvalue weighted by atomic mass is 35.5. The van der Waals surface area contributed by atoms with Gasteiger partial charge in [-0.05, 0) is 19.1 Å². The van der Waals surface area contributed by atoms with E-state index in [1.807, 2.05) is 19.1 Å². The Labute approximate surface area is 121 Å². The molecule has 0 aromatic carbocycles. The minimum atomic E-state index is 0.0889. The van der Waals surface area contributed by atoms with Gasteiger partial charge in [0.25, 0.3) is 0 Å². The van der Waals surface area contributed by atoms with Crippen LogP contribution in [0.3, 0.4) is 0 Å². The first kappa shape index (κ1) is 13.9. The Balaban J connectivity index is 2.23. The van der Waals surface area contributed by atoms with Gasteiger partial charge < -0.3 is 15.4 Å². The smallest absolute Gasteiger partial charge is 0.204 e. The Morgan fingerprint density at radius 3 is 2.63 bits per heavy atom. The molecule has 0 aliphatic carbocycles. The fourth-order valence-electron chi connectivity index (χ4n) is 1.69. The summed E-state index contributed by atoms with van der Waals surface area (Å²) < 4.78 is 6.11. The highest BCUT2D eigenvalue weighted by Gasteiger charge is 2.15. The largest absolute Gasteiger partial charge is 0.490 e. The number of methoxy groups -OCH3 is 1. The Morgan fingerprint density at radius 1 is 1.32 bits per heavy atom. The minimum Gasteiger partial charge on any atom is -0.490 e. The van der Waals surface area contributed by atoms with Gasteiger partial charge in [0.15, 0.2) is 11.6 Å². The molecule has 102 valence electrons. The zero-order valence-electron chi connectivity index (χ0n) is 10.9. The van der Waals surface area contributed by atoms with Crippen LogP contribution in [0, 0.1) is 0 Å². The molecule has 2 aromatic rings. The van der Waals surface area contributed by atoms with Crippen LogP contribution in [-0.2, 0) is 0 Å². The first-order valence-electron chi connectivity index (χ1n) is 5.74. The molecule has 0 aliphatic rings. The van der Waals surface area contributed by atoms with Gasteiger partial charge in [-0.2, -0.15) is 0 Å². The van der Waals surface area contributed by atoms with Crippen molar-refractivity contribution in [1.82, 2.24) is 9.97 Å². The van der Waals surface area contributed by atoms with E-state index < -0.39 is 0 Å². The molecule has 0 aliphatic heterocycles. The fraction of sp³-hybridized carbons (Fsp3) is 0.333. The van der Waals surface area contributed by atoms with Crippen molar-refractivity contribution in [3.63, 3.8) is 0 Å². The molecule has 0 bridgehead atoms. The number of nitrogens with zero attached hydrogens (tertiary/aromatic N) is 2. The van der Waals surface area contributed by atoms with Gasteiger partial charge in [-0.25, -0.2) is 9.97 Å². The Bertz CT molecular complexity index is 560. The third-order valence-corrected chi connectivity index (χ3v) is 4.03. The molecule has 2 N–H and O–H groups in total. The first-order valence-corrected chi connectivity index (χ1v) is 6.93. The summed E-state index contributed by atoms with van der Waals surface area (Å²) in [7, 11) is 3.38. The maximum Gasteiger partial charge on any atom is 0.204 e. The van der Waals surface area contributed by atoms with Gasteiger partial charge in [0.1, 0.15) is 6.33 Å². The quantitative estimate of drug-likeness (QED) is 0.886. The van der Waals surface area contributed by atoms with Gasteiger partial charge >= 0.3 is 0 Å². The highest BCUT2D eigenvalue weighted by molar-refractivity contribution is 7.16. The van der Waals surface area contributed by atoms with E-state index in [4.69, 9.17) is 16.3 Å². The predicted octanol–water partition coefficient (Wildman–Crippen LogP) is 3.41.